The number of anilines is 2. The van der Waals surface area contributed by atoms with Gasteiger partial charge in [-0.2, -0.15) is 9.50 Å². The second-order valence-electron chi connectivity index (χ2n) is 5.59. The molecular weight excluding hydrogens is 372 g/mol. The van der Waals surface area contributed by atoms with E-state index in [9.17, 15) is 4.79 Å². The molecule has 0 bridgehead atoms. The standard InChI is InChI=1S/C17H15ClN6OS/c18-11-3-1-4-12(7-11)19-9-13-8-15(25)24-17(21-13)22-16(23-24)20-10-14-5-2-6-26-14/h1-8,19H,9-10H2,(H2,20,21,22,23). The molecule has 0 aliphatic carbocycles. The quantitative estimate of drug-likeness (QED) is 0.473. The van der Waals surface area contributed by atoms with Gasteiger partial charge in [0.2, 0.25) is 5.95 Å². The number of rotatable bonds is 6. The second kappa shape index (κ2) is 7.19. The number of halogens is 1. The molecule has 0 saturated carbocycles. The van der Waals surface area contributed by atoms with E-state index in [1.165, 1.54) is 15.5 Å². The summed E-state index contributed by atoms with van der Waals surface area (Å²) in [6, 6.07) is 12.9. The Hall–Kier alpha value is -2.84. The minimum absolute atomic E-state index is 0.213. The molecule has 26 heavy (non-hydrogen) atoms. The van der Waals surface area contributed by atoms with Gasteiger partial charge in [-0.25, -0.2) is 4.98 Å². The minimum Gasteiger partial charge on any atom is -0.379 e. The summed E-state index contributed by atoms with van der Waals surface area (Å²) in [7, 11) is 0. The lowest BCUT2D eigenvalue weighted by atomic mass is 10.3. The van der Waals surface area contributed by atoms with E-state index >= 15 is 0 Å². The molecule has 3 aromatic heterocycles. The number of fused-ring (bicyclic) bond motifs is 1. The van der Waals surface area contributed by atoms with Gasteiger partial charge in [0.25, 0.3) is 11.3 Å². The van der Waals surface area contributed by atoms with Gasteiger partial charge in [0.1, 0.15) is 0 Å². The summed E-state index contributed by atoms with van der Waals surface area (Å²) in [5.74, 6) is 0.831. The Morgan fingerprint density at radius 2 is 2.04 bits per heavy atom. The number of hydrogen-bond acceptors (Lipinski definition) is 6. The Bertz CT molecular complexity index is 1090. The van der Waals surface area contributed by atoms with E-state index in [0.29, 0.717) is 35.5 Å². The van der Waals surface area contributed by atoms with Gasteiger partial charge in [0, 0.05) is 21.7 Å². The van der Waals surface area contributed by atoms with Crippen molar-refractivity contribution in [2.75, 3.05) is 10.6 Å². The number of aromatic amines is 1. The number of aromatic nitrogens is 4. The van der Waals surface area contributed by atoms with Crippen LogP contribution >= 0.6 is 22.9 Å². The summed E-state index contributed by atoms with van der Waals surface area (Å²) in [5, 5.41) is 11.9. The smallest absolute Gasteiger partial charge is 0.274 e. The van der Waals surface area contributed by atoms with Gasteiger partial charge in [0.15, 0.2) is 0 Å². The number of thiophene rings is 1. The summed E-state index contributed by atoms with van der Waals surface area (Å²) in [4.78, 5) is 22.2. The van der Waals surface area contributed by atoms with Crippen molar-refractivity contribution in [3.63, 3.8) is 0 Å². The van der Waals surface area contributed by atoms with E-state index in [0.717, 1.165) is 5.69 Å². The van der Waals surface area contributed by atoms with Crippen molar-refractivity contribution in [1.82, 2.24) is 19.6 Å². The van der Waals surface area contributed by atoms with Crippen molar-refractivity contribution >= 4 is 40.4 Å². The second-order valence-corrected chi connectivity index (χ2v) is 7.06. The van der Waals surface area contributed by atoms with Crippen molar-refractivity contribution in [1.29, 1.82) is 0 Å². The summed E-state index contributed by atoms with van der Waals surface area (Å²) >= 11 is 7.62. The highest BCUT2D eigenvalue weighted by atomic mass is 35.5. The Balaban J connectivity index is 1.51. The Morgan fingerprint density at radius 3 is 2.85 bits per heavy atom. The fourth-order valence-electron chi connectivity index (χ4n) is 2.47. The first-order chi connectivity index (χ1) is 12.7. The van der Waals surface area contributed by atoms with Crippen molar-refractivity contribution in [2.45, 2.75) is 13.1 Å². The molecule has 0 aliphatic rings. The molecule has 9 heteroatoms. The van der Waals surface area contributed by atoms with E-state index in [4.69, 9.17) is 11.6 Å². The number of nitrogens with one attached hydrogen (secondary N) is 3. The van der Waals surface area contributed by atoms with Gasteiger partial charge < -0.3 is 10.6 Å². The molecule has 0 atom stereocenters. The average molecular weight is 387 g/mol. The van der Waals surface area contributed by atoms with Crippen molar-refractivity contribution in [3.05, 3.63) is 73.8 Å². The zero-order chi connectivity index (χ0) is 17.9. The molecule has 7 nitrogen and oxygen atoms in total. The van der Waals surface area contributed by atoms with Crippen LogP contribution in [0.25, 0.3) is 5.78 Å². The highest BCUT2D eigenvalue weighted by molar-refractivity contribution is 7.09. The molecule has 4 aromatic rings. The van der Waals surface area contributed by atoms with E-state index in [1.807, 2.05) is 35.7 Å². The number of H-pyrrole nitrogens is 1. The minimum atomic E-state index is -0.213. The van der Waals surface area contributed by atoms with Crippen LogP contribution in [-0.2, 0) is 13.1 Å². The maximum atomic E-state index is 12.3. The molecule has 0 amide bonds. The van der Waals surface area contributed by atoms with E-state index in [-0.39, 0.29) is 5.56 Å². The molecule has 4 rings (SSSR count). The normalized spacial score (nSPS) is 11.0. The van der Waals surface area contributed by atoms with Crippen LogP contribution in [-0.4, -0.2) is 19.6 Å². The van der Waals surface area contributed by atoms with Crippen LogP contribution in [0.5, 0.6) is 0 Å². The maximum absolute atomic E-state index is 12.3. The van der Waals surface area contributed by atoms with Crippen LogP contribution in [0.15, 0.2) is 52.6 Å². The SMILES string of the molecule is O=c1cc(CNc2cccc(Cl)c2)nc2nc(NCc3cccs3)[nH]n12. The molecule has 0 unspecified atom stereocenters. The van der Waals surface area contributed by atoms with Crippen LogP contribution in [0.1, 0.15) is 10.6 Å². The molecule has 0 radical (unpaired) electrons. The predicted octanol–water partition coefficient (Wildman–Crippen LogP) is 3.36. The fourth-order valence-corrected chi connectivity index (χ4v) is 3.31. The third-order valence-electron chi connectivity index (χ3n) is 3.69. The van der Waals surface area contributed by atoms with Crippen LogP contribution in [0, 0.1) is 0 Å². The Morgan fingerprint density at radius 1 is 1.12 bits per heavy atom. The average Bonchev–Trinajstić information content (AvgIpc) is 3.28. The fraction of sp³-hybridized carbons (Fsp3) is 0.118. The topological polar surface area (TPSA) is 87.1 Å². The third kappa shape index (κ3) is 3.71. The number of benzene rings is 1. The number of nitrogens with zero attached hydrogens (tertiary/aromatic N) is 3. The molecule has 132 valence electrons. The van der Waals surface area contributed by atoms with Gasteiger partial charge in [-0.1, -0.05) is 23.7 Å². The van der Waals surface area contributed by atoms with Crippen LogP contribution in [0.4, 0.5) is 11.6 Å². The predicted molar refractivity (Wildman–Crippen MR) is 104 cm³/mol. The first-order valence-corrected chi connectivity index (χ1v) is 9.17. The van der Waals surface area contributed by atoms with E-state index in [2.05, 4.69) is 25.7 Å². The van der Waals surface area contributed by atoms with E-state index < -0.39 is 0 Å². The summed E-state index contributed by atoms with van der Waals surface area (Å²) in [6.07, 6.45) is 0. The van der Waals surface area contributed by atoms with Gasteiger partial charge in [-0.05, 0) is 29.6 Å². The van der Waals surface area contributed by atoms with Gasteiger partial charge >= 0.3 is 0 Å². The lowest BCUT2D eigenvalue weighted by Gasteiger charge is -2.05. The van der Waals surface area contributed by atoms with Crippen molar-refractivity contribution < 1.29 is 0 Å². The summed E-state index contributed by atoms with van der Waals surface area (Å²) in [6.45, 7) is 1.03. The van der Waals surface area contributed by atoms with Crippen LogP contribution in [0.3, 0.4) is 0 Å². The molecule has 3 heterocycles. The molecule has 3 N–H and O–H groups in total. The van der Waals surface area contributed by atoms with Gasteiger partial charge in [0.05, 0.1) is 18.8 Å². The molecule has 0 fully saturated rings. The zero-order valence-corrected chi connectivity index (χ0v) is 15.1. The van der Waals surface area contributed by atoms with Crippen LogP contribution < -0.4 is 16.2 Å². The van der Waals surface area contributed by atoms with Crippen molar-refractivity contribution in [2.24, 2.45) is 0 Å². The van der Waals surface area contributed by atoms with E-state index in [1.54, 1.807) is 17.4 Å². The van der Waals surface area contributed by atoms with Gasteiger partial charge in [-0.15, -0.1) is 11.3 Å². The highest BCUT2D eigenvalue weighted by Crippen LogP contribution is 2.15. The zero-order valence-electron chi connectivity index (χ0n) is 13.6. The monoisotopic (exact) mass is 386 g/mol. The lowest BCUT2D eigenvalue weighted by molar-refractivity contribution is 0.875. The first-order valence-electron chi connectivity index (χ1n) is 7.92. The van der Waals surface area contributed by atoms with Gasteiger partial charge in [-0.3, -0.25) is 9.89 Å². The van der Waals surface area contributed by atoms with Crippen LogP contribution in [0.2, 0.25) is 5.02 Å². The summed E-state index contributed by atoms with van der Waals surface area (Å²) < 4.78 is 1.32. The summed E-state index contributed by atoms with van der Waals surface area (Å²) in [5.41, 5.74) is 1.25. The Labute approximate surface area is 157 Å². The molecular formula is C17H15ClN6OS. The highest BCUT2D eigenvalue weighted by Gasteiger charge is 2.08. The van der Waals surface area contributed by atoms with Crippen molar-refractivity contribution in [3.8, 4) is 0 Å². The maximum Gasteiger partial charge on any atom is 0.274 e. The largest absolute Gasteiger partial charge is 0.379 e. The first kappa shape index (κ1) is 16.6. The molecule has 0 spiro atoms. The number of hydrogen-bond donors (Lipinski definition) is 3. The molecule has 1 aromatic carbocycles. The molecule has 0 aliphatic heterocycles. The molecule has 0 saturated heterocycles. The lowest BCUT2D eigenvalue weighted by Crippen LogP contribution is -2.17. The third-order valence-corrected chi connectivity index (χ3v) is 4.80. The Kier molecular flexibility index (Phi) is 4.59.